The highest BCUT2D eigenvalue weighted by Crippen LogP contribution is 2.16. The van der Waals surface area contributed by atoms with Crippen molar-refractivity contribution in [3.8, 4) is 0 Å². The summed E-state index contributed by atoms with van der Waals surface area (Å²) in [5, 5.41) is 11.7. The van der Waals surface area contributed by atoms with Crippen LogP contribution in [0.5, 0.6) is 0 Å². The fourth-order valence-corrected chi connectivity index (χ4v) is 1.83. The minimum absolute atomic E-state index is 0.639. The summed E-state index contributed by atoms with van der Waals surface area (Å²) in [5.41, 5.74) is 0. The molecule has 0 atom stereocenters. The van der Waals surface area contributed by atoms with Gasteiger partial charge in [0.15, 0.2) is 0 Å². The first kappa shape index (κ1) is 11.5. The summed E-state index contributed by atoms with van der Waals surface area (Å²) in [6.07, 6.45) is 2.38. The summed E-state index contributed by atoms with van der Waals surface area (Å²) in [6, 6.07) is 0. The highest BCUT2D eigenvalue weighted by molar-refractivity contribution is 7.99. The van der Waals surface area contributed by atoms with Crippen LogP contribution in [0.4, 0.5) is 0 Å². The zero-order valence-electron chi connectivity index (χ0n) is 8.75. The minimum atomic E-state index is 0.639. The van der Waals surface area contributed by atoms with E-state index in [0.29, 0.717) is 11.1 Å². The molecule has 14 heavy (non-hydrogen) atoms. The SMILES string of the molecule is CCNCCCCSc1nnc(C)o1. The van der Waals surface area contributed by atoms with Crippen LogP contribution in [0, 0.1) is 6.92 Å². The third-order valence-electron chi connectivity index (χ3n) is 1.73. The van der Waals surface area contributed by atoms with E-state index in [9.17, 15) is 0 Å². The Bertz CT molecular complexity index is 252. The normalized spacial score (nSPS) is 10.7. The number of nitrogens with zero attached hydrogens (tertiary/aromatic N) is 2. The molecule has 0 aliphatic rings. The molecule has 0 aliphatic carbocycles. The van der Waals surface area contributed by atoms with E-state index >= 15 is 0 Å². The van der Waals surface area contributed by atoms with Gasteiger partial charge < -0.3 is 9.73 Å². The Morgan fingerprint density at radius 1 is 1.36 bits per heavy atom. The molecule has 0 aromatic carbocycles. The zero-order valence-corrected chi connectivity index (χ0v) is 9.56. The van der Waals surface area contributed by atoms with Gasteiger partial charge in [-0.15, -0.1) is 10.2 Å². The predicted molar refractivity (Wildman–Crippen MR) is 57.5 cm³/mol. The van der Waals surface area contributed by atoms with Crippen LogP contribution in [-0.4, -0.2) is 29.0 Å². The number of aromatic nitrogens is 2. The molecular weight excluding hydrogens is 198 g/mol. The van der Waals surface area contributed by atoms with Gasteiger partial charge in [-0.1, -0.05) is 18.7 Å². The molecule has 4 nitrogen and oxygen atoms in total. The first-order valence-electron chi connectivity index (χ1n) is 4.96. The summed E-state index contributed by atoms with van der Waals surface area (Å²) in [7, 11) is 0. The molecule has 0 aliphatic heterocycles. The van der Waals surface area contributed by atoms with Crippen LogP contribution in [-0.2, 0) is 0 Å². The Labute approximate surface area is 88.9 Å². The van der Waals surface area contributed by atoms with Crippen LogP contribution in [0.3, 0.4) is 0 Å². The van der Waals surface area contributed by atoms with Crippen LogP contribution < -0.4 is 5.32 Å². The summed E-state index contributed by atoms with van der Waals surface area (Å²) in [4.78, 5) is 0. The van der Waals surface area contributed by atoms with Crippen LogP contribution in [0.15, 0.2) is 9.64 Å². The van der Waals surface area contributed by atoms with Crippen LogP contribution in [0.1, 0.15) is 25.7 Å². The fraction of sp³-hybridized carbons (Fsp3) is 0.778. The molecular formula is C9H17N3OS. The summed E-state index contributed by atoms with van der Waals surface area (Å²) in [6.45, 7) is 6.08. The molecule has 0 saturated carbocycles. The van der Waals surface area contributed by atoms with Crippen molar-refractivity contribution in [2.45, 2.75) is 31.9 Å². The van der Waals surface area contributed by atoms with Gasteiger partial charge in [-0.2, -0.15) is 0 Å². The summed E-state index contributed by atoms with van der Waals surface area (Å²) in [5.74, 6) is 1.69. The Morgan fingerprint density at radius 2 is 2.21 bits per heavy atom. The Kier molecular flexibility index (Phi) is 5.63. The number of nitrogens with one attached hydrogen (secondary N) is 1. The lowest BCUT2D eigenvalue weighted by Gasteiger charge is -1.99. The molecule has 1 rings (SSSR count). The second kappa shape index (κ2) is 6.84. The van der Waals surface area contributed by atoms with Crippen LogP contribution >= 0.6 is 11.8 Å². The van der Waals surface area contributed by atoms with E-state index in [1.165, 1.54) is 12.8 Å². The summed E-state index contributed by atoms with van der Waals surface area (Å²) >= 11 is 1.63. The molecule has 0 bridgehead atoms. The van der Waals surface area contributed by atoms with Gasteiger partial charge in [0.2, 0.25) is 5.89 Å². The number of hydrogen-bond donors (Lipinski definition) is 1. The lowest BCUT2D eigenvalue weighted by molar-refractivity contribution is 0.429. The standard InChI is InChI=1S/C9H17N3OS/c1-3-10-6-4-5-7-14-9-12-11-8(2)13-9/h10H,3-7H2,1-2H3. The first-order valence-corrected chi connectivity index (χ1v) is 5.95. The van der Waals surface area contributed by atoms with E-state index in [-0.39, 0.29) is 0 Å². The Balaban J connectivity index is 1.99. The number of rotatable bonds is 7. The van der Waals surface area contributed by atoms with Gasteiger partial charge in [0, 0.05) is 12.7 Å². The Morgan fingerprint density at radius 3 is 2.86 bits per heavy atom. The fourth-order valence-electron chi connectivity index (χ4n) is 1.03. The van der Waals surface area contributed by atoms with Crippen molar-refractivity contribution in [2.24, 2.45) is 0 Å². The monoisotopic (exact) mass is 215 g/mol. The minimum Gasteiger partial charge on any atom is -0.416 e. The third kappa shape index (κ3) is 4.62. The maximum absolute atomic E-state index is 5.24. The molecule has 5 heteroatoms. The molecule has 0 spiro atoms. The van der Waals surface area contributed by atoms with Gasteiger partial charge >= 0.3 is 0 Å². The molecule has 1 aromatic heterocycles. The van der Waals surface area contributed by atoms with Crippen molar-refractivity contribution in [2.75, 3.05) is 18.8 Å². The van der Waals surface area contributed by atoms with E-state index in [0.717, 1.165) is 18.8 Å². The van der Waals surface area contributed by atoms with Gasteiger partial charge in [-0.25, -0.2) is 0 Å². The van der Waals surface area contributed by atoms with Crippen LogP contribution in [0.25, 0.3) is 0 Å². The number of thioether (sulfide) groups is 1. The van der Waals surface area contributed by atoms with Crippen molar-refractivity contribution in [1.29, 1.82) is 0 Å². The largest absolute Gasteiger partial charge is 0.416 e. The number of hydrogen-bond acceptors (Lipinski definition) is 5. The molecule has 1 heterocycles. The van der Waals surface area contributed by atoms with Gasteiger partial charge in [-0.05, 0) is 25.9 Å². The lowest BCUT2D eigenvalue weighted by atomic mass is 10.3. The second-order valence-electron chi connectivity index (χ2n) is 3.00. The van der Waals surface area contributed by atoms with Crippen molar-refractivity contribution < 1.29 is 4.42 Å². The van der Waals surface area contributed by atoms with Gasteiger partial charge in [0.1, 0.15) is 0 Å². The lowest BCUT2D eigenvalue weighted by Crippen LogP contribution is -2.13. The topological polar surface area (TPSA) is 51.0 Å². The predicted octanol–water partition coefficient (Wildman–Crippen LogP) is 1.86. The first-order chi connectivity index (χ1) is 6.83. The van der Waals surface area contributed by atoms with Crippen molar-refractivity contribution in [1.82, 2.24) is 15.5 Å². The van der Waals surface area contributed by atoms with E-state index in [1.807, 2.05) is 6.92 Å². The molecule has 1 N–H and O–H groups in total. The van der Waals surface area contributed by atoms with E-state index in [4.69, 9.17) is 4.42 Å². The van der Waals surface area contributed by atoms with Crippen LogP contribution in [0.2, 0.25) is 0 Å². The third-order valence-corrected chi connectivity index (χ3v) is 2.64. The molecule has 0 saturated heterocycles. The molecule has 1 aromatic rings. The van der Waals surface area contributed by atoms with E-state index < -0.39 is 0 Å². The quantitative estimate of drug-likeness (QED) is 0.556. The average Bonchev–Trinajstić information content (AvgIpc) is 2.58. The molecule has 0 radical (unpaired) electrons. The molecule has 80 valence electrons. The van der Waals surface area contributed by atoms with E-state index in [1.54, 1.807) is 11.8 Å². The average molecular weight is 215 g/mol. The van der Waals surface area contributed by atoms with Crippen molar-refractivity contribution in [3.63, 3.8) is 0 Å². The van der Waals surface area contributed by atoms with Gasteiger partial charge in [-0.3, -0.25) is 0 Å². The second-order valence-corrected chi connectivity index (χ2v) is 4.04. The van der Waals surface area contributed by atoms with Gasteiger partial charge in [0.05, 0.1) is 0 Å². The maximum Gasteiger partial charge on any atom is 0.276 e. The maximum atomic E-state index is 5.24. The molecule has 0 unspecified atom stereocenters. The highest BCUT2D eigenvalue weighted by Gasteiger charge is 2.01. The number of unbranched alkanes of at least 4 members (excludes halogenated alkanes) is 1. The summed E-state index contributed by atoms with van der Waals surface area (Å²) < 4.78 is 5.24. The van der Waals surface area contributed by atoms with Crippen molar-refractivity contribution in [3.05, 3.63) is 5.89 Å². The molecule has 0 fully saturated rings. The smallest absolute Gasteiger partial charge is 0.276 e. The Hall–Kier alpha value is -0.550. The molecule has 0 amide bonds. The highest BCUT2D eigenvalue weighted by atomic mass is 32.2. The van der Waals surface area contributed by atoms with E-state index in [2.05, 4.69) is 22.4 Å². The van der Waals surface area contributed by atoms with Gasteiger partial charge in [0.25, 0.3) is 5.22 Å². The van der Waals surface area contributed by atoms with Crippen molar-refractivity contribution >= 4 is 11.8 Å². The zero-order chi connectivity index (χ0) is 10.2. The number of aryl methyl sites for hydroxylation is 1.